The summed E-state index contributed by atoms with van der Waals surface area (Å²) < 4.78 is 19.3. The summed E-state index contributed by atoms with van der Waals surface area (Å²) in [5.41, 5.74) is 13.2. The molecule has 0 saturated carbocycles. The lowest BCUT2D eigenvalue weighted by atomic mass is 9.91. The van der Waals surface area contributed by atoms with Gasteiger partial charge in [-0.05, 0) is 35.4 Å². The number of benzene rings is 3. The minimum absolute atomic E-state index is 0. The molecule has 2 aliphatic heterocycles. The highest BCUT2D eigenvalue weighted by Gasteiger charge is 2.31. The number of fused-ring (bicyclic) bond motifs is 3. The summed E-state index contributed by atoms with van der Waals surface area (Å²) in [6, 6.07) is 19.9. The van der Waals surface area contributed by atoms with Crippen molar-refractivity contribution in [2.45, 2.75) is 12.5 Å². The number of hydrogen-bond acceptors (Lipinski definition) is 7. The Morgan fingerprint density at radius 3 is 2.64 bits per heavy atom. The third-order valence-electron chi connectivity index (χ3n) is 6.49. The van der Waals surface area contributed by atoms with E-state index in [0.29, 0.717) is 36.2 Å². The number of hydrogen-bond donors (Lipinski definition) is 2. The molecule has 0 bridgehead atoms. The topological polar surface area (TPSA) is 95.9 Å². The van der Waals surface area contributed by atoms with E-state index in [-0.39, 0.29) is 18.4 Å². The molecular formula is C27H26ClN5O3. The van der Waals surface area contributed by atoms with Gasteiger partial charge in [-0.3, -0.25) is 4.57 Å². The van der Waals surface area contributed by atoms with Gasteiger partial charge < -0.3 is 25.3 Å². The van der Waals surface area contributed by atoms with Crippen LogP contribution in [0.5, 0.6) is 17.2 Å². The number of imidazole rings is 1. The number of nitrogens with zero attached hydrogens (tertiary/aromatic N) is 3. The van der Waals surface area contributed by atoms with E-state index >= 15 is 0 Å². The van der Waals surface area contributed by atoms with Gasteiger partial charge in [0.15, 0.2) is 5.96 Å². The zero-order valence-corrected chi connectivity index (χ0v) is 20.7. The van der Waals surface area contributed by atoms with E-state index in [2.05, 4.69) is 45.2 Å². The minimum Gasteiger partial charge on any atom is -0.496 e. The van der Waals surface area contributed by atoms with Crippen LogP contribution in [0, 0.1) is 0 Å². The largest absolute Gasteiger partial charge is 0.496 e. The first-order chi connectivity index (χ1) is 17.2. The third kappa shape index (κ3) is 3.89. The van der Waals surface area contributed by atoms with Crippen molar-refractivity contribution >= 4 is 35.1 Å². The average molecular weight is 504 g/mol. The zero-order chi connectivity index (χ0) is 23.9. The molecule has 2 aliphatic rings. The van der Waals surface area contributed by atoms with Crippen molar-refractivity contribution in [2.75, 3.05) is 20.8 Å². The lowest BCUT2D eigenvalue weighted by Crippen LogP contribution is -2.35. The molecule has 0 fully saturated rings. The van der Waals surface area contributed by atoms with Crippen molar-refractivity contribution in [3.05, 3.63) is 83.7 Å². The quantitative estimate of drug-likeness (QED) is 0.422. The van der Waals surface area contributed by atoms with Crippen molar-refractivity contribution in [2.24, 2.45) is 10.7 Å². The number of para-hydroxylation sites is 2. The number of nitrogens with two attached hydrogens (primary N) is 1. The molecule has 36 heavy (non-hydrogen) atoms. The van der Waals surface area contributed by atoms with Crippen LogP contribution in [0.15, 0.2) is 77.6 Å². The number of rotatable bonds is 4. The normalized spacial score (nSPS) is 16.5. The Morgan fingerprint density at radius 1 is 1.06 bits per heavy atom. The van der Waals surface area contributed by atoms with Crippen LogP contribution in [0.4, 0.5) is 0 Å². The second-order valence-corrected chi connectivity index (χ2v) is 8.44. The SMILES string of the molecule is COc1cc(OC)c2c(c1)OCCC1=C2NC(N)=NC1c1ccc(-n2cnc3ccccc32)cc1.Cl. The van der Waals surface area contributed by atoms with E-state index in [0.717, 1.165) is 39.1 Å². The summed E-state index contributed by atoms with van der Waals surface area (Å²) in [6.45, 7) is 0.509. The third-order valence-corrected chi connectivity index (χ3v) is 6.49. The molecule has 3 heterocycles. The van der Waals surface area contributed by atoms with Gasteiger partial charge in [-0.1, -0.05) is 24.3 Å². The van der Waals surface area contributed by atoms with Crippen molar-refractivity contribution in [3.63, 3.8) is 0 Å². The second-order valence-electron chi connectivity index (χ2n) is 8.44. The molecule has 3 N–H and O–H groups in total. The van der Waals surface area contributed by atoms with Gasteiger partial charge in [0.05, 0.1) is 43.1 Å². The summed E-state index contributed by atoms with van der Waals surface area (Å²) in [7, 11) is 3.26. The maximum atomic E-state index is 6.28. The molecule has 3 aromatic carbocycles. The van der Waals surface area contributed by atoms with E-state index in [9.17, 15) is 0 Å². The monoisotopic (exact) mass is 503 g/mol. The zero-order valence-electron chi connectivity index (χ0n) is 19.9. The summed E-state index contributed by atoms with van der Waals surface area (Å²) in [6.07, 6.45) is 2.54. The Morgan fingerprint density at radius 2 is 1.86 bits per heavy atom. The predicted molar refractivity (Wildman–Crippen MR) is 142 cm³/mol. The first kappa shape index (κ1) is 23.6. The average Bonchev–Trinajstić information content (AvgIpc) is 3.24. The summed E-state index contributed by atoms with van der Waals surface area (Å²) in [5.74, 6) is 2.36. The van der Waals surface area contributed by atoms with E-state index in [1.807, 2.05) is 36.7 Å². The lowest BCUT2D eigenvalue weighted by molar-refractivity contribution is 0.315. The number of ether oxygens (including phenoxy) is 3. The van der Waals surface area contributed by atoms with E-state index < -0.39 is 0 Å². The van der Waals surface area contributed by atoms with Crippen LogP contribution in [-0.4, -0.2) is 36.3 Å². The molecule has 6 rings (SSSR count). The molecule has 4 aromatic rings. The van der Waals surface area contributed by atoms with Gasteiger partial charge in [0.2, 0.25) is 0 Å². The molecule has 184 valence electrons. The number of methoxy groups -OCH3 is 2. The molecule has 1 aromatic heterocycles. The molecule has 1 unspecified atom stereocenters. The van der Waals surface area contributed by atoms with Gasteiger partial charge in [-0.2, -0.15) is 0 Å². The van der Waals surface area contributed by atoms with Gasteiger partial charge in [-0.25, -0.2) is 9.98 Å². The Hall–Kier alpha value is -4.17. The van der Waals surface area contributed by atoms with Crippen molar-refractivity contribution < 1.29 is 14.2 Å². The number of guanidine groups is 1. The maximum absolute atomic E-state index is 6.28. The number of nitrogens with one attached hydrogen (secondary N) is 1. The number of aromatic nitrogens is 2. The Labute approximate surface area is 214 Å². The molecule has 9 heteroatoms. The first-order valence-corrected chi connectivity index (χ1v) is 11.4. The molecule has 1 atom stereocenters. The Balaban J connectivity index is 0.00000267. The second kappa shape index (κ2) is 9.47. The van der Waals surface area contributed by atoms with Crippen LogP contribution in [0.1, 0.15) is 23.6 Å². The molecule has 0 spiro atoms. The van der Waals surface area contributed by atoms with Crippen LogP contribution in [0.3, 0.4) is 0 Å². The van der Waals surface area contributed by atoms with Gasteiger partial charge >= 0.3 is 0 Å². The highest BCUT2D eigenvalue weighted by Crippen LogP contribution is 2.45. The van der Waals surface area contributed by atoms with Gasteiger partial charge in [0.1, 0.15) is 29.6 Å². The standard InChI is InChI=1S/C27H25N5O3.ClH/c1-33-18-13-22(34-2)24-23(14-18)35-12-11-19-25(30-27(28)31-26(19)24)16-7-9-17(10-8-16)32-15-29-20-5-3-4-6-21(20)32;/h3-10,13-15,25H,11-12H2,1-2H3,(H3,28,30,31);1H. The lowest BCUT2D eigenvalue weighted by Gasteiger charge is -2.27. The van der Waals surface area contributed by atoms with Crippen molar-refractivity contribution in [1.82, 2.24) is 14.9 Å². The fraction of sp³-hybridized carbons (Fsp3) is 0.185. The summed E-state index contributed by atoms with van der Waals surface area (Å²) in [4.78, 5) is 9.27. The maximum Gasteiger partial charge on any atom is 0.194 e. The van der Waals surface area contributed by atoms with Gasteiger partial charge in [0.25, 0.3) is 0 Å². The molecule has 0 radical (unpaired) electrons. The van der Waals surface area contributed by atoms with E-state index in [1.165, 1.54) is 0 Å². The van der Waals surface area contributed by atoms with E-state index in [1.54, 1.807) is 14.2 Å². The summed E-state index contributed by atoms with van der Waals surface area (Å²) >= 11 is 0. The van der Waals surface area contributed by atoms with Crippen LogP contribution >= 0.6 is 12.4 Å². The fourth-order valence-electron chi connectivity index (χ4n) is 4.81. The Kier molecular flexibility index (Phi) is 6.20. The van der Waals surface area contributed by atoms with Crippen molar-refractivity contribution in [3.8, 4) is 22.9 Å². The number of aliphatic imine (C=N–C) groups is 1. The number of halogens is 1. The fourth-order valence-corrected chi connectivity index (χ4v) is 4.81. The van der Waals surface area contributed by atoms with Crippen LogP contribution in [-0.2, 0) is 0 Å². The van der Waals surface area contributed by atoms with Gasteiger partial charge in [0, 0.05) is 24.2 Å². The van der Waals surface area contributed by atoms with Crippen LogP contribution in [0.2, 0.25) is 0 Å². The first-order valence-electron chi connectivity index (χ1n) is 11.4. The highest BCUT2D eigenvalue weighted by molar-refractivity contribution is 5.94. The Bertz CT molecular complexity index is 1490. The van der Waals surface area contributed by atoms with Crippen LogP contribution in [0.25, 0.3) is 22.4 Å². The van der Waals surface area contributed by atoms with Gasteiger partial charge in [-0.15, -0.1) is 12.4 Å². The molecule has 0 amide bonds. The van der Waals surface area contributed by atoms with E-state index in [4.69, 9.17) is 24.9 Å². The minimum atomic E-state index is -0.235. The highest BCUT2D eigenvalue weighted by atomic mass is 35.5. The van der Waals surface area contributed by atoms with Crippen LogP contribution < -0.4 is 25.3 Å². The molecular weight excluding hydrogens is 478 g/mol. The summed E-state index contributed by atoms with van der Waals surface area (Å²) in [5, 5.41) is 3.27. The smallest absolute Gasteiger partial charge is 0.194 e. The predicted octanol–water partition coefficient (Wildman–Crippen LogP) is 4.62. The molecule has 0 aliphatic carbocycles. The molecule has 8 nitrogen and oxygen atoms in total. The molecule has 0 saturated heterocycles. The van der Waals surface area contributed by atoms with Crippen molar-refractivity contribution in [1.29, 1.82) is 0 Å².